The summed E-state index contributed by atoms with van der Waals surface area (Å²) in [5.41, 5.74) is 1.14. The molecule has 0 saturated heterocycles. The summed E-state index contributed by atoms with van der Waals surface area (Å²) in [5, 5.41) is 4.19. The number of rotatable bonds is 7. The lowest BCUT2D eigenvalue weighted by molar-refractivity contribution is -0.118. The van der Waals surface area contributed by atoms with E-state index in [2.05, 4.69) is 12.2 Å². The number of thioether (sulfide) groups is 1. The summed E-state index contributed by atoms with van der Waals surface area (Å²) in [7, 11) is 0. The van der Waals surface area contributed by atoms with E-state index in [1.807, 2.05) is 19.1 Å². The van der Waals surface area contributed by atoms with E-state index in [4.69, 9.17) is 9.40 Å². The van der Waals surface area contributed by atoms with Crippen LogP contribution in [0.1, 0.15) is 42.9 Å². The average molecular weight is 432 g/mol. The Morgan fingerprint density at radius 1 is 1.48 bits per heavy atom. The maximum atomic E-state index is 13.5. The van der Waals surface area contributed by atoms with Crippen LogP contribution in [-0.2, 0) is 24.2 Å². The zero-order valence-electron chi connectivity index (χ0n) is 16.7. The second-order valence-electron chi connectivity index (χ2n) is 7.54. The van der Waals surface area contributed by atoms with Crippen molar-refractivity contribution >= 4 is 39.2 Å². The van der Waals surface area contributed by atoms with Crippen molar-refractivity contribution in [2.45, 2.75) is 51.2 Å². The molecule has 0 spiro atoms. The third-order valence-corrected chi connectivity index (χ3v) is 7.30. The smallest absolute Gasteiger partial charge is 0.263 e. The molecule has 0 aromatic carbocycles. The number of aryl methyl sites for hydroxylation is 1. The number of aromatic nitrogens is 2. The lowest BCUT2D eigenvalue weighted by Gasteiger charge is -2.17. The Labute approximate surface area is 177 Å². The van der Waals surface area contributed by atoms with Crippen LogP contribution in [0.3, 0.4) is 0 Å². The van der Waals surface area contributed by atoms with Crippen LogP contribution < -0.4 is 10.9 Å². The number of nitrogens with one attached hydrogen (secondary N) is 1. The Morgan fingerprint density at radius 3 is 3.10 bits per heavy atom. The predicted molar refractivity (Wildman–Crippen MR) is 117 cm³/mol. The topological polar surface area (TPSA) is 77.1 Å². The van der Waals surface area contributed by atoms with E-state index in [-0.39, 0.29) is 17.2 Å². The van der Waals surface area contributed by atoms with Crippen LogP contribution in [0.2, 0.25) is 0 Å². The van der Waals surface area contributed by atoms with Crippen molar-refractivity contribution in [1.82, 2.24) is 14.9 Å². The van der Waals surface area contributed by atoms with Gasteiger partial charge >= 0.3 is 0 Å². The molecule has 0 aliphatic heterocycles. The summed E-state index contributed by atoms with van der Waals surface area (Å²) >= 11 is 2.94. The van der Waals surface area contributed by atoms with Crippen molar-refractivity contribution in [1.29, 1.82) is 0 Å². The molecular formula is C21H25N3O3S2. The zero-order chi connectivity index (χ0) is 20.4. The van der Waals surface area contributed by atoms with Crippen molar-refractivity contribution in [3.63, 3.8) is 0 Å². The SMILES string of the molecule is CCCNC(=O)CSc1nc2sc3c(c2c(=O)n1Cc1ccco1)CCC(C)C3. The Kier molecular flexibility index (Phi) is 6.10. The van der Waals surface area contributed by atoms with Crippen LogP contribution in [0.15, 0.2) is 32.8 Å². The Bertz CT molecular complexity index is 1070. The molecule has 3 aromatic rings. The Balaban J connectivity index is 1.73. The van der Waals surface area contributed by atoms with Crippen LogP contribution in [0.25, 0.3) is 10.2 Å². The molecule has 0 saturated carbocycles. The van der Waals surface area contributed by atoms with Gasteiger partial charge in [0.1, 0.15) is 10.6 Å². The summed E-state index contributed by atoms with van der Waals surface area (Å²) in [5.74, 6) is 1.52. The zero-order valence-corrected chi connectivity index (χ0v) is 18.3. The van der Waals surface area contributed by atoms with Gasteiger partial charge in [0.2, 0.25) is 5.91 Å². The Hall–Kier alpha value is -2.06. The molecule has 29 heavy (non-hydrogen) atoms. The van der Waals surface area contributed by atoms with Gasteiger partial charge in [-0.25, -0.2) is 4.98 Å². The molecule has 3 heterocycles. The molecule has 1 N–H and O–H groups in total. The molecule has 6 nitrogen and oxygen atoms in total. The van der Waals surface area contributed by atoms with Crippen LogP contribution >= 0.6 is 23.1 Å². The van der Waals surface area contributed by atoms with E-state index < -0.39 is 0 Å². The van der Waals surface area contributed by atoms with Crippen molar-refractivity contribution < 1.29 is 9.21 Å². The summed E-state index contributed by atoms with van der Waals surface area (Å²) in [4.78, 5) is 32.5. The molecule has 0 fully saturated rings. The third kappa shape index (κ3) is 4.28. The van der Waals surface area contributed by atoms with Gasteiger partial charge in [-0.3, -0.25) is 14.2 Å². The minimum atomic E-state index is -0.0463. The van der Waals surface area contributed by atoms with Gasteiger partial charge < -0.3 is 9.73 Å². The predicted octanol–water partition coefficient (Wildman–Crippen LogP) is 3.84. The molecule has 1 aliphatic rings. The second-order valence-corrected chi connectivity index (χ2v) is 9.56. The average Bonchev–Trinajstić information content (AvgIpc) is 3.34. The van der Waals surface area contributed by atoms with E-state index in [0.29, 0.717) is 29.9 Å². The lowest BCUT2D eigenvalue weighted by atomic mass is 9.89. The van der Waals surface area contributed by atoms with Crippen molar-refractivity contribution in [3.05, 3.63) is 45.0 Å². The van der Waals surface area contributed by atoms with Gasteiger partial charge in [-0.1, -0.05) is 25.6 Å². The maximum absolute atomic E-state index is 13.5. The highest BCUT2D eigenvalue weighted by molar-refractivity contribution is 7.99. The molecule has 8 heteroatoms. The third-order valence-electron chi connectivity index (χ3n) is 5.18. The van der Waals surface area contributed by atoms with Crippen LogP contribution in [-0.4, -0.2) is 27.8 Å². The van der Waals surface area contributed by atoms with Crippen molar-refractivity contribution in [2.24, 2.45) is 5.92 Å². The summed E-state index contributed by atoms with van der Waals surface area (Å²) < 4.78 is 7.13. The van der Waals surface area contributed by atoms with Crippen LogP contribution in [0.5, 0.6) is 0 Å². The second kappa shape index (κ2) is 8.75. The van der Waals surface area contributed by atoms with Gasteiger partial charge in [-0.2, -0.15) is 0 Å². The largest absolute Gasteiger partial charge is 0.467 e. The molecule has 1 unspecified atom stereocenters. The quantitative estimate of drug-likeness (QED) is 0.454. The fourth-order valence-corrected chi connectivity index (χ4v) is 5.91. The molecule has 4 rings (SSSR count). The first-order valence-electron chi connectivity index (χ1n) is 10.0. The number of carbonyl (C=O) groups excluding carboxylic acids is 1. The Morgan fingerprint density at radius 2 is 2.34 bits per heavy atom. The summed E-state index contributed by atoms with van der Waals surface area (Å²) in [6.45, 7) is 5.24. The molecule has 1 aliphatic carbocycles. The highest BCUT2D eigenvalue weighted by Gasteiger charge is 2.25. The van der Waals surface area contributed by atoms with Gasteiger partial charge in [0.05, 0.1) is 23.9 Å². The molecule has 3 aromatic heterocycles. The molecule has 154 valence electrons. The number of carbonyl (C=O) groups is 1. The van der Waals surface area contributed by atoms with Crippen LogP contribution in [0.4, 0.5) is 0 Å². The molecule has 1 atom stereocenters. The van der Waals surface area contributed by atoms with Gasteiger partial charge in [0.15, 0.2) is 5.16 Å². The highest BCUT2D eigenvalue weighted by Crippen LogP contribution is 2.36. The minimum Gasteiger partial charge on any atom is -0.467 e. The van der Waals surface area contributed by atoms with Gasteiger partial charge in [-0.15, -0.1) is 11.3 Å². The van der Waals surface area contributed by atoms with Crippen molar-refractivity contribution in [3.8, 4) is 0 Å². The molecule has 0 radical (unpaired) electrons. The highest BCUT2D eigenvalue weighted by atomic mass is 32.2. The normalized spacial score (nSPS) is 16.1. The number of nitrogens with zero attached hydrogens (tertiary/aromatic N) is 2. The maximum Gasteiger partial charge on any atom is 0.263 e. The van der Waals surface area contributed by atoms with Crippen molar-refractivity contribution in [2.75, 3.05) is 12.3 Å². The lowest BCUT2D eigenvalue weighted by Crippen LogP contribution is -2.27. The van der Waals surface area contributed by atoms with E-state index in [1.165, 1.54) is 22.2 Å². The molecule has 1 amide bonds. The number of hydrogen-bond donors (Lipinski definition) is 1. The molecular weight excluding hydrogens is 406 g/mol. The van der Waals surface area contributed by atoms with Crippen LogP contribution in [0, 0.1) is 5.92 Å². The van der Waals surface area contributed by atoms with Gasteiger partial charge in [0, 0.05) is 11.4 Å². The van der Waals surface area contributed by atoms with Gasteiger partial charge in [0.25, 0.3) is 5.56 Å². The first-order chi connectivity index (χ1) is 14.1. The molecule has 0 bridgehead atoms. The first kappa shape index (κ1) is 20.2. The summed E-state index contributed by atoms with van der Waals surface area (Å²) in [6, 6.07) is 3.66. The number of hydrogen-bond acceptors (Lipinski definition) is 6. The van der Waals surface area contributed by atoms with Gasteiger partial charge in [-0.05, 0) is 49.3 Å². The van der Waals surface area contributed by atoms with E-state index >= 15 is 0 Å². The summed E-state index contributed by atoms with van der Waals surface area (Å²) in [6.07, 6.45) is 5.54. The van der Waals surface area contributed by atoms with E-state index in [0.717, 1.165) is 35.9 Å². The fourth-order valence-electron chi connectivity index (χ4n) is 3.66. The number of amides is 1. The fraction of sp³-hybridized carbons (Fsp3) is 0.476. The van der Waals surface area contributed by atoms with E-state index in [9.17, 15) is 9.59 Å². The minimum absolute atomic E-state index is 0.0325. The standard InChI is InChI=1S/C21H25N3O3S2/c1-3-8-22-17(25)12-28-21-23-19-18(15-7-6-13(2)10-16(15)29-19)20(26)24(21)11-14-5-4-9-27-14/h4-5,9,13H,3,6-8,10-12H2,1-2H3,(H,22,25). The number of fused-ring (bicyclic) bond motifs is 3. The number of thiophene rings is 1. The van der Waals surface area contributed by atoms with E-state index in [1.54, 1.807) is 22.2 Å². The number of furan rings is 1. The first-order valence-corrected chi connectivity index (χ1v) is 11.8. The monoisotopic (exact) mass is 431 g/mol.